The van der Waals surface area contributed by atoms with Gasteiger partial charge in [0.1, 0.15) is 4.90 Å². The number of benzene rings is 1. The molecule has 0 aliphatic carbocycles. The average Bonchev–Trinajstić information content (AvgIpc) is 2.43. The van der Waals surface area contributed by atoms with Crippen LogP contribution in [0.5, 0.6) is 0 Å². The first-order valence-corrected chi connectivity index (χ1v) is 8.60. The molecule has 3 N–H and O–H groups in total. The van der Waals surface area contributed by atoms with Crippen LogP contribution < -0.4 is 11.1 Å². The highest BCUT2D eigenvalue weighted by Gasteiger charge is 2.22. The third kappa shape index (κ3) is 4.98. The molecule has 0 amide bonds. The Balaban J connectivity index is 2.91. The molecule has 0 heterocycles. The van der Waals surface area contributed by atoms with E-state index in [1.165, 1.54) is 18.4 Å². The van der Waals surface area contributed by atoms with Crippen LogP contribution in [0.4, 0.5) is 5.69 Å². The monoisotopic (exact) mass is 313 g/mol. The Hall–Kier alpha value is -1.11. The van der Waals surface area contributed by atoms with Crippen molar-refractivity contribution >= 4 is 15.7 Å². The smallest absolute Gasteiger partial charge is 0.244 e. The molecule has 120 valence electrons. The van der Waals surface area contributed by atoms with E-state index < -0.39 is 10.0 Å². The minimum Gasteiger partial charge on any atom is -0.383 e. The van der Waals surface area contributed by atoms with E-state index in [1.54, 1.807) is 18.2 Å². The van der Waals surface area contributed by atoms with Crippen molar-refractivity contribution in [3.63, 3.8) is 0 Å². The maximum absolute atomic E-state index is 12.3. The first-order valence-electron chi connectivity index (χ1n) is 7.16. The van der Waals surface area contributed by atoms with Gasteiger partial charge in [0, 0.05) is 20.6 Å². The first-order chi connectivity index (χ1) is 9.70. The quantitative estimate of drug-likeness (QED) is 0.771. The normalized spacial score (nSPS) is 12.7. The van der Waals surface area contributed by atoms with Crippen molar-refractivity contribution in [3.05, 3.63) is 24.3 Å². The van der Waals surface area contributed by atoms with E-state index in [2.05, 4.69) is 19.2 Å². The summed E-state index contributed by atoms with van der Waals surface area (Å²) in [6.07, 6.45) is 1.96. The van der Waals surface area contributed by atoms with Gasteiger partial charge in [-0.05, 0) is 36.9 Å². The minimum absolute atomic E-state index is 0.0638. The van der Waals surface area contributed by atoms with Gasteiger partial charge in [0.15, 0.2) is 0 Å². The summed E-state index contributed by atoms with van der Waals surface area (Å²) in [5.41, 5.74) is 6.26. The molecule has 0 spiro atoms. The van der Waals surface area contributed by atoms with Gasteiger partial charge in [0.25, 0.3) is 0 Å². The lowest BCUT2D eigenvalue weighted by Crippen LogP contribution is -2.27. The molecule has 0 saturated heterocycles. The lowest BCUT2D eigenvalue weighted by molar-refractivity contribution is 0.350. The fourth-order valence-electron chi connectivity index (χ4n) is 2.04. The summed E-state index contributed by atoms with van der Waals surface area (Å²) in [5, 5.41) is 3.28. The molecule has 1 aromatic rings. The van der Waals surface area contributed by atoms with E-state index in [4.69, 9.17) is 5.73 Å². The summed E-state index contributed by atoms with van der Waals surface area (Å²) in [7, 11) is -0.363. The molecule has 6 heteroatoms. The molecule has 0 aliphatic rings. The number of para-hydroxylation sites is 1. The third-order valence-corrected chi connectivity index (χ3v) is 5.33. The molecule has 0 atom stereocenters. The Morgan fingerprint density at radius 1 is 1.24 bits per heavy atom. The standard InChI is InChI=1S/C15H27N3O2S/c1-15(2,10-7-11-16)12-17-13-8-5-6-9-14(13)21(19,20)18(3)4/h5-6,8-9,17H,7,10-12,16H2,1-4H3. The average molecular weight is 313 g/mol. The number of nitrogens with one attached hydrogen (secondary N) is 1. The van der Waals surface area contributed by atoms with E-state index in [1.807, 2.05) is 6.07 Å². The molecule has 0 bridgehead atoms. The number of sulfonamides is 1. The molecule has 1 rings (SSSR count). The molecule has 0 aromatic heterocycles. The van der Waals surface area contributed by atoms with Crippen molar-refractivity contribution in [2.75, 3.05) is 32.5 Å². The van der Waals surface area contributed by atoms with Gasteiger partial charge in [-0.3, -0.25) is 0 Å². The van der Waals surface area contributed by atoms with Crippen molar-refractivity contribution in [2.45, 2.75) is 31.6 Å². The lowest BCUT2D eigenvalue weighted by atomic mass is 9.87. The maximum atomic E-state index is 12.3. The van der Waals surface area contributed by atoms with Gasteiger partial charge in [0.2, 0.25) is 10.0 Å². The molecule has 0 radical (unpaired) electrons. The molecule has 0 saturated carbocycles. The van der Waals surface area contributed by atoms with Gasteiger partial charge >= 0.3 is 0 Å². The fourth-order valence-corrected chi connectivity index (χ4v) is 3.10. The van der Waals surface area contributed by atoms with Crippen LogP contribution in [0, 0.1) is 5.41 Å². The number of nitrogens with zero attached hydrogens (tertiary/aromatic N) is 1. The van der Waals surface area contributed by atoms with E-state index in [-0.39, 0.29) is 5.41 Å². The summed E-state index contributed by atoms with van der Waals surface area (Å²) in [4.78, 5) is 0.310. The van der Waals surface area contributed by atoms with Crippen molar-refractivity contribution < 1.29 is 8.42 Å². The van der Waals surface area contributed by atoms with Gasteiger partial charge in [-0.1, -0.05) is 26.0 Å². The van der Waals surface area contributed by atoms with Crippen LogP contribution in [-0.2, 0) is 10.0 Å². The van der Waals surface area contributed by atoms with Crippen LogP contribution >= 0.6 is 0 Å². The van der Waals surface area contributed by atoms with Gasteiger partial charge in [0.05, 0.1) is 5.69 Å². The minimum atomic E-state index is -3.44. The van der Waals surface area contributed by atoms with Crippen LogP contribution in [0.2, 0.25) is 0 Å². The van der Waals surface area contributed by atoms with Gasteiger partial charge in [-0.2, -0.15) is 0 Å². The molecule has 0 fully saturated rings. The fraction of sp³-hybridized carbons (Fsp3) is 0.600. The molecule has 5 nitrogen and oxygen atoms in total. The second kappa shape index (κ2) is 7.24. The highest BCUT2D eigenvalue weighted by molar-refractivity contribution is 7.89. The molecule has 0 unspecified atom stereocenters. The van der Waals surface area contributed by atoms with E-state index in [0.717, 1.165) is 12.8 Å². The summed E-state index contributed by atoms with van der Waals surface area (Å²) < 4.78 is 25.9. The number of rotatable bonds is 8. The number of nitrogens with two attached hydrogens (primary N) is 1. The number of hydrogen-bond acceptors (Lipinski definition) is 4. The Morgan fingerprint density at radius 3 is 2.43 bits per heavy atom. The van der Waals surface area contributed by atoms with Crippen LogP contribution in [0.3, 0.4) is 0 Å². The second-order valence-electron chi connectivity index (χ2n) is 6.19. The summed E-state index contributed by atoms with van der Waals surface area (Å²) in [6.45, 7) is 5.68. The topological polar surface area (TPSA) is 75.4 Å². The first kappa shape index (κ1) is 17.9. The van der Waals surface area contributed by atoms with E-state index >= 15 is 0 Å². The lowest BCUT2D eigenvalue weighted by Gasteiger charge is -2.26. The van der Waals surface area contributed by atoms with Gasteiger partial charge in [-0.15, -0.1) is 0 Å². The van der Waals surface area contributed by atoms with Gasteiger partial charge < -0.3 is 11.1 Å². The van der Waals surface area contributed by atoms with Crippen molar-refractivity contribution in [3.8, 4) is 0 Å². The van der Waals surface area contributed by atoms with Crippen molar-refractivity contribution in [2.24, 2.45) is 11.1 Å². The molecule has 0 aliphatic heterocycles. The highest BCUT2D eigenvalue weighted by Crippen LogP contribution is 2.27. The van der Waals surface area contributed by atoms with Crippen molar-refractivity contribution in [1.82, 2.24) is 4.31 Å². The predicted octanol–water partition coefficient (Wildman–Crippen LogP) is 2.11. The molecule has 1 aromatic carbocycles. The van der Waals surface area contributed by atoms with E-state index in [0.29, 0.717) is 23.7 Å². The third-order valence-electron chi connectivity index (χ3n) is 3.46. The van der Waals surface area contributed by atoms with E-state index in [9.17, 15) is 8.42 Å². The van der Waals surface area contributed by atoms with Crippen LogP contribution in [0.25, 0.3) is 0 Å². The van der Waals surface area contributed by atoms with Crippen LogP contribution in [0.1, 0.15) is 26.7 Å². The Kier molecular flexibility index (Phi) is 6.19. The molecular weight excluding hydrogens is 286 g/mol. The largest absolute Gasteiger partial charge is 0.383 e. The zero-order valence-corrected chi connectivity index (χ0v) is 14.2. The van der Waals surface area contributed by atoms with Crippen molar-refractivity contribution in [1.29, 1.82) is 0 Å². The number of anilines is 1. The Labute approximate surface area is 128 Å². The zero-order chi connectivity index (χ0) is 16.1. The Bertz CT molecular complexity index is 554. The highest BCUT2D eigenvalue weighted by atomic mass is 32.2. The molecular formula is C15H27N3O2S. The second-order valence-corrected chi connectivity index (χ2v) is 8.31. The summed E-state index contributed by atoms with van der Waals surface area (Å²) >= 11 is 0. The zero-order valence-electron chi connectivity index (χ0n) is 13.4. The van der Waals surface area contributed by atoms with Crippen LogP contribution in [-0.4, -0.2) is 39.9 Å². The SMILES string of the molecule is CN(C)S(=O)(=O)c1ccccc1NCC(C)(C)CCCN. The number of hydrogen-bond donors (Lipinski definition) is 2. The van der Waals surface area contributed by atoms with Crippen LogP contribution in [0.15, 0.2) is 29.2 Å². The molecule has 21 heavy (non-hydrogen) atoms. The predicted molar refractivity (Wildman–Crippen MR) is 87.9 cm³/mol. The summed E-state index contributed by atoms with van der Waals surface area (Å²) in [5.74, 6) is 0. The van der Waals surface area contributed by atoms with Gasteiger partial charge in [-0.25, -0.2) is 12.7 Å². The summed E-state index contributed by atoms with van der Waals surface area (Å²) in [6, 6.07) is 7.00. The maximum Gasteiger partial charge on any atom is 0.244 e. The Morgan fingerprint density at radius 2 is 1.86 bits per heavy atom.